The van der Waals surface area contributed by atoms with E-state index in [1.165, 1.54) is 30.4 Å². The van der Waals surface area contributed by atoms with Crippen molar-refractivity contribution in [1.82, 2.24) is 15.0 Å². The molecule has 0 amide bonds. The van der Waals surface area contributed by atoms with Gasteiger partial charge in [-0.05, 0) is 47.9 Å². The van der Waals surface area contributed by atoms with E-state index in [4.69, 9.17) is 0 Å². The number of imidazole rings is 1. The summed E-state index contributed by atoms with van der Waals surface area (Å²) in [6, 6.07) is 8.68. The van der Waals surface area contributed by atoms with Gasteiger partial charge in [0, 0.05) is 11.8 Å². The second-order valence-electron chi connectivity index (χ2n) is 6.22. The van der Waals surface area contributed by atoms with Crippen molar-refractivity contribution >= 4 is 11.2 Å². The summed E-state index contributed by atoms with van der Waals surface area (Å²) in [7, 11) is 0. The third kappa shape index (κ3) is 2.15. The van der Waals surface area contributed by atoms with E-state index in [2.05, 4.69) is 40.1 Å². The van der Waals surface area contributed by atoms with Crippen LogP contribution in [0.15, 0.2) is 35.3 Å². The maximum absolute atomic E-state index is 11.5. The van der Waals surface area contributed by atoms with Gasteiger partial charge >= 0.3 is 5.69 Å². The van der Waals surface area contributed by atoms with Crippen molar-refractivity contribution < 1.29 is 0 Å². The summed E-state index contributed by atoms with van der Waals surface area (Å²) < 4.78 is 0. The zero-order valence-electron chi connectivity index (χ0n) is 12.6. The predicted molar refractivity (Wildman–Crippen MR) is 88.1 cm³/mol. The largest absolute Gasteiger partial charge is 0.325 e. The van der Waals surface area contributed by atoms with Gasteiger partial charge in [-0.15, -0.1) is 0 Å². The molecular formula is C18H19N3O. The molecule has 1 atom stereocenters. The number of hydrogen-bond acceptors (Lipinski definition) is 2. The smallest absolute Gasteiger partial charge is 0.304 e. The van der Waals surface area contributed by atoms with Crippen molar-refractivity contribution in [2.24, 2.45) is 0 Å². The quantitative estimate of drug-likeness (QED) is 0.671. The minimum atomic E-state index is -0.210. The fourth-order valence-corrected chi connectivity index (χ4v) is 3.57. The Hall–Kier alpha value is -2.36. The summed E-state index contributed by atoms with van der Waals surface area (Å²) in [5, 5.41) is 0. The molecular weight excluding hydrogens is 274 g/mol. The summed E-state index contributed by atoms with van der Waals surface area (Å²) in [5.74, 6) is 0.635. The minimum absolute atomic E-state index is 0.210. The lowest BCUT2D eigenvalue weighted by molar-refractivity contribution is 0.635. The highest BCUT2D eigenvalue weighted by atomic mass is 16.1. The Bertz CT molecular complexity index is 891. The lowest BCUT2D eigenvalue weighted by Gasteiger charge is -2.14. The number of H-pyrrole nitrogens is 2. The molecule has 1 aliphatic rings. The summed E-state index contributed by atoms with van der Waals surface area (Å²) in [4.78, 5) is 21.3. The van der Waals surface area contributed by atoms with Crippen LogP contribution in [-0.2, 0) is 6.42 Å². The number of rotatable bonds is 1. The van der Waals surface area contributed by atoms with E-state index < -0.39 is 0 Å². The topological polar surface area (TPSA) is 61.5 Å². The normalized spacial score (nSPS) is 18.1. The molecule has 0 spiro atoms. The van der Waals surface area contributed by atoms with Gasteiger partial charge in [-0.25, -0.2) is 9.78 Å². The zero-order valence-corrected chi connectivity index (χ0v) is 12.6. The summed E-state index contributed by atoms with van der Waals surface area (Å²) in [6.07, 6.45) is 6.72. The number of nitrogens with zero attached hydrogens (tertiary/aromatic N) is 1. The first kappa shape index (κ1) is 13.3. The highest BCUT2D eigenvalue weighted by Crippen LogP contribution is 2.34. The molecule has 2 heterocycles. The Morgan fingerprint density at radius 3 is 3.00 bits per heavy atom. The Morgan fingerprint density at radius 2 is 2.09 bits per heavy atom. The van der Waals surface area contributed by atoms with Crippen LogP contribution in [-0.4, -0.2) is 15.0 Å². The van der Waals surface area contributed by atoms with Crippen molar-refractivity contribution in [1.29, 1.82) is 0 Å². The van der Waals surface area contributed by atoms with Gasteiger partial charge in [-0.2, -0.15) is 0 Å². The number of fused-ring (bicyclic) bond motifs is 2. The first-order valence-electron chi connectivity index (χ1n) is 7.92. The Balaban J connectivity index is 1.89. The highest BCUT2D eigenvalue weighted by Gasteiger charge is 2.16. The van der Waals surface area contributed by atoms with Crippen LogP contribution in [0.3, 0.4) is 0 Å². The second-order valence-corrected chi connectivity index (χ2v) is 6.22. The molecule has 1 aliphatic carbocycles. The van der Waals surface area contributed by atoms with Gasteiger partial charge in [-0.1, -0.05) is 31.5 Å². The lowest BCUT2D eigenvalue weighted by atomic mass is 9.91. The number of aromatic nitrogens is 3. The minimum Gasteiger partial charge on any atom is -0.304 e. The molecule has 3 aromatic rings. The van der Waals surface area contributed by atoms with Gasteiger partial charge in [0.15, 0.2) is 5.65 Å². The first-order valence-corrected chi connectivity index (χ1v) is 7.92. The highest BCUT2D eigenvalue weighted by molar-refractivity contribution is 5.89. The molecule has 0 radical (unpaired) electrons. The predicted octanol–water partition coefficient (Wildman–Crippen LogP) is 3.75. The van der Waals surface area contributed by atoms with Gasteiger partial charge in [0.2, 0.25) is 0 Å². The molecule has 4 rings (SSSR count). The molecule has 2 aromatic heterocycles. The van der Waals surface area contributed by atoms with E-state index >= 15 is 0 Å². The molecule has 0 aliphatic heterocycles. The maximum Gasteiger partial charge on any atom is 0.325 e. The Labute approximate surface area is 128 Å². The number of aryl methyl sites for hydroxylation is 1. The summed E-state index contributed by atoms with van der Waals surface area (Å²) in [6.45, 7) is 2.32. The van der Waals surface area contributed by atoms with Crippen molar-refractivity contribution in [3.05, 3.63) is 52.1 Å². The van der Waals surface area contributed by atoms with Gasteiger partial charge in [0.1, 0.15) is 0 Å². The zero-order chi connectivity index (χ0) is 15.1. The molecule has 2 N–H and O–H groups in total. The van der Waals surface area contributed by atoms with E-state index in [-0.39, 0.29) is 5.69 Å². The van der Waals surface area contributed by atoms with E-state index in [0.29, 0.717) is 11.6 Å². The van der Waals surface area contributed by atoms with Gasteiger partial charge < -0.3 is 4.98 Å². The summed E-state index contributed by atoms with van der Waals surface area (Å²) in [5.41, 5.74) is 6.30. The molecule has 0 fully saturated rings. The third-order valence-electron chi connectivity index (χ3n) is 4.74. The SMILES string of the molecule is CC1CCCCc2cc(-c3ccnc4[nH]c(=O)[nH]c34)ccc21. The van der Waals surface area contributed by atoms with Crippen molar-refractivity contribution in [3.63, 3.8) is 0 Å². The van der Waals surface area contributed by atoms with Crippen molar-refractivity contribution in [2.45, 2.75) is 38.5 Å². The monoisotopic (exact) mass is 293 g/mol. The molecule has 22 heavy (non-hydrogen) atoms. The molecule has 4 heteroatoms. The molecule has 1 unspecified atom stereocenters. The fourth-order valence-electron chi connectivity index (χ4n) is 3.57. The van der Waals surface area contributed by atoms with E-state index in [1.807, 2.05) is 6.07 Å². The first-order chi connectivity index (χ1) is 10.7. The fraction of sp³-hybridized carbons (Fsp3) is 0.333. The van der Waals surface area contributed by atoms with Crippen LogP contribution in [0.1, 0.15) is 43.2 Å². The Kier molecular flexibility index (Phi) is 3.10. The van der Waals surface area contributed by atoms with E-state index in [1.54, 1.807) is 6.20 Å². The van der Waals surface area contributed by atoms with E-state index in [9.17, 15) is 4.79 Å². The molecule has 4 nitrogen and oxygen atoms in total. The van der Waals surface area contributed by atoms with Crippen LogP contribution in [0.4, 0.5) is 0 Å². The molecule has 112 valence electrons. The van der Waals surface area contributed by atoms with Gasteiger partial charge in [0.25, 0.3) is 0 Å². The maximum atomic E-state index is 11.5. The average molecular weight is 293 g/mol. The standard InChI is InChI=1S/C18H19N3O/c1-11-4-2-3-5-12-10-13(6-7-14(11)12)15-8-9-19-17-16(15)20-18(22)21-17/h6-11H,2-5H2,1H3,(H2,19,20,21,22). The van der Waals surface area contributed by atoms with Crippen LogP contribution >= 0.6 is 0 Å². The lowest BCUT2D eigenvalue weighted by Crippen LogP contribution is -1.99. The third-order valence-corrected chi connectivity index (χ3v) is 4.74. The number of pyridine rings is 1. The van der Waals surface area contributed by atoms with Crippen LogP contribution in [0.25, 0.3) is 22.3 Å². The van der Waals surface area contributed by atoms with Gasteiger partial charge in [0.05, 0.1) is 5.52 Å². The van der Waals surface area contributed by atoms with Crippen LogP contribution < -0.4 is 5.69 Å². The number of aromatic amines is 2. The van der Waals surface area contributed by atoms with Crippen molar-refractivity contribution in [3.8, 4) is 11.1 Å². The number of hydrogen-bond donors (Lipinski definition) is 2. The van der Waals surface area contributed by atoms with Gasteiger partial charge in [-0.3, -0.25) is 4.98 Å². The van der Waals surface area contributed by atoms with E-state index in [0.717, 1.165) is 23.1 Å². The number of nitrogens with one attached hydrogen (secondary N) is 2. The average Bonchev–Trinajstić information content (AvgIpc) is 2.81. The van der Waals surface area contributed by atoms with Crippen LogP contribution in [0.2, 0.25) is 0 Å². The van der Waals surface area contributed by atoms with Crippen LogP contribution in [0.5, 0.6) is 0 Å². The number of benzene rings is 1. The Morgan fingerprint density at radius 1 is 1.18 bits per heavy atom. The van der Waals surface area contributed by atoms with Crippen LogP contribution in [0, 0.1) is 0 Å². The molecule has 0 saturated heterocycles. The molecule has 0 saturated carbocycles. The molecule has 0 bridgehead atoms. The molecule has 1 aromatic carbocycles. The second kappa shape index (κ2) is 5.13. The van der Waals surface area contributed by atoms with Crippen molar-refractivity contribution in [2.75, 3.05) is 0 Å². The summed E-state index contributed by atoms with van der Waals surface area (Å²) >= 11 is 0.